The minimum atomic E-state index is -0.374. The number of morpholine rings is 1. The summed E-state index contributed by atoms with van der Waals surface area (Å²) >= 11 is 0. The van der Waals surface area contributed by atoms with Gasteiger partial charge in [-0.05, 0) is 43.3 Å². The average Bonchev–Trinajstić information content (AvgIpc) is 3.30. The lowest BCUT2D eigenvalue weighted by molar-refractivity contribution is -0.116. The van der Waals surface area contributed by atoms with E-state index in [0.717, 1.165) is 43.2 Å². The molecule has 4 rings (SSSR count). The Morgan fingerprint density at radius 1 is 1.03 bits per heavy atom. The number of likely N-dealkylation sites (N-methyl/N-ethyl adjacent to an activating group) is 1. The second kappa shape index (κ2) is 9.61. The number of carbonyl (C=O) groups is 2. The van der Waals surface area contributed by atoms with Crippen molar-refractivity contribution in [3.05, 3.63) is 66.0 Å². The van der Waals surface area contributed by atoms with E-state index in [1.165, 1.54) is 9.58 Å². The number of carbonyl (C=O) groups excluding carboxylic acids is 2. The zero-order valence-corrected chi connectivity index (χ0v) is 18.2. The number of rotatable bonds is 6. The molecule has 2 aromatic carbocycles. The number of benzene rings is 2. The summed E-state index contributed by atoms with van der Waals surface area (Å²) in [6, 6.07) is 15.4. The summed E-state index contributed by atoms with van der Waals surface area (Å²) in [4.78, 5) is 28.7. The van der Waals surface area contributed by atoms with Gasteiger partial charge >= 0.3 is 0 Å². The minimum absolute atomic E-state index is 0.0958. The highest BCUT2D eigenvalue weighted by atomic mass is 16.5. The molecule has 2 amide bonds. The third-order valence-electron chi connectivity index (χ3n) is 5.27. The fraction of sp³-hybridized carbons (Fsp3) is 0.304. The molecule has 9 nitrogen and oxygen atoms in total. The second-order valence-electron chi connectivity index (χ2n) is 7.74. The van der Waals surface area contributed by atoms with Crippen molar-refractivity contribution in [3.63, 3.8) is 0 Å². The zero-order chi connectivity index (χ0) is 22.5. The van der Waals surface area contributed by atoms with Crippen molar-refractivity contribution < 1.29 is 14.3 Å². The van der Waals surface area contributed by atoms with E-state index in [9.17, 15) is 9.59 Å². The van der Waals surface area contributed by atoms with E-state index in [0.29, 0.717) is 5.69 Å². The average molecular weight is 435 g/mol. The Morgan fingerprint density at radius 2 is 1.69 bits per heavy atom. The highest BCUT2D eigenvalue weighted by Crippen LogP contribution is 2.19. The van der Waals surface area contributed by atoms with Crippen LogP contribution in [0.3, 0.4) is 0 Å². The molecule has 1 fully saturated rings. The summed E-state index contributed by atoms with van der Waals surface area (Å²) in [5, 5.41) is 10.8. The van der Waals surface area contributed by atoms with Gasteiger partial charge in [0.25, 0.3) is 5.91 Å². The first kappa shape index (κ1) is 21.5. The summed E-state index contributed by atoms with van der Waals surface area (Å²) < 4.78 is 6.91. The Balaban J connectivity index is 1.32. The van der Waals surface area contributed by atoms with Gasteiger partial charge < -0.3 is 19.9 Å². The smallest absolute Gasteiger partial charge is 0.276 e. The van der Waals surface area contributed by atoms with E-state index < -0.39 is 0 Å². The number of ether oxygens (including phenoxy) is 1. The maximum absolute atomic E-state index is 12.7. The first-order valence-corrected chi connectivity index (χ1v) is 10.5. The largest absolute Gasteiger partial charge is 0.378 e. The quantitative estimate of drug-likeness (QED) is 0.639. The van der Waals surface area contributed by atoms with Crippen molar-refractivity contribution >= 4 is 23.2 Å². The number of amides is 2. The van der Waals surface area contributed by atoms with Gasteiger partial charge in [-0.15, -0.1) is 5.10 Å². The molecule has 32 heavy (non-hydrogen) atoms. The summed E-state index contributed by atoms with van der Waals surface area (Å²) in [5.41, 5.74) is 3.89. The van der Waals surface area contributed by atoms with Crippen LogP contribution in [0.25, 0.3) is 5.69 Å². The first-order valence-electron chi connectivity index (χ1n) is 10.5. The van der Waals surface area contributed by atoms with Crippen molar-refractivity contribution in [1.82, 2.24) is 19.9 Å². The Hall–Kier alpha value is -3.72. The van der Waals surface area contributed by atoms with Crippen LogP contribution in [-0.2, 0) is 9.53 Å². The molecule has 1 aliphatic rings. The fourth-order valence-electron chi connectivity index (χ4n) is 3.45. The van der Waals surface area contributed by atoms with Crippen LogP contribution in [0, 0.1) is 6.92 Å². The number of hydrogen-bond donors (Lipinski definition) is 1. The molecule has 0 aliphatic carbocycles. The topological polar surface area (TPSA) is 92.6 Å². The molecule has 0 atom stereocenters. The van der Waals surface area contributed by atoms with Crippen LogP contribution < -0.4 is 10.2 Å². The third-order valence-corrected chi connectivity index (χ3v) is 5.27. The second-order valence-corrected chi connectivity index (χ2v) is 7.74. The van der Waals surface area contributed by atoms with Gasteiger partial charge in [0.1, 0.15) is 0 Å². The van der Waals surface area contributed by atoms with Gasteiger partial charge in [0.15, 0.2) is 5.69 Å². The molecule has 1 aliphatic heterocycles. The lowest BCUT2D eigenvalue weighted by Crippen LogP contribution is -2.36. The van der Waals surface area contributed by atoms with E-state index in [2.05, 4.69) is 20.5 Å². The van der Waals surface area contributed by atoms with Crippen LogP contribution in [0.1, 0.15) is 16.1 Å². The Labute approximate surface area is 186 Å². The summed E-state index contributed by atoms with van der Waals surface area (Å²) in [6.07, 6.45) is 1.56. The number of aromatic nitrogens is 3. The van der Waals surface area contributed by atoms with Crippen molar-refractivity contribution in [2.45, 2.75) is 6.92 Å². The molecule has 166 valence electrons. The predicted octanol–water partition coefficient (Wildman–Crippen LogP) is 2.12. The van der Waals surface area contributed by atoms with Gasteiger partial charge in [0.05, 0.1) is 31.6 Å². The van der Waals surface area contributed by atoms with Crippen LogP contribution >= 0.6 is 0 Å². The SMILES string of the molecule is Cc1ccc(-n2cc(C(=O)N(C)CC(=O)Nc3ccc(N4CCOCC4)cc3)nn2)cc1. The van der Waals surface area contributed by atoms with Crippen LogP contribution in [0.2, 0.25) is 0 Å². The molecule has 0 bridgehead atoms. The summed E-state index contributed by atoms with van der Waals surface area (Å²) in [5.74, 6) is -0.660. The highest BCUT2D eigenvalue weighted by Gasteiger charge is 2.19. The number of aryl methyl sites for hydroxylation is 1. The Bertz CT molecular complexity index is 1070. The van der Waals surface area contributed by atoms with Gasteiger partial charge in [-0.25, -0.2) is 4.68 Å². The van der Waals surface area contributed by atoms with Crippen molar-refractivity contribution in [3.8, 4) is 5.69 Å². The normalized spacial score (nSPS) is 13.6. The number of anilines is 2. The highest BCUT2D eigenvalue weighted by molar-refractivity contribution is 5.98. The summed E-state index contributed by atoms with van der Waals surface area (Å²) in [6.45, 7) is 5.05. The molecule has 0 spiro atoms. The van der Waals surface area contributed by atoms with E-state index in [1.54, 1.807) is 13.2 Å². The maximum atomic E-state index is 12.7. The molecule has 3 aromatic rings. The van der Waals surface area contributed by atoms with Crippen molar-refractivity contribution in [2.75, 3.05) is 50.1 Å². The molecule has 0 saturated carbocycles. The van der Waals surface area contributed by atoms with Crippen LogP contribution in [0.15, 0.2) is 54.7 Å². The lowest BCUT2D eigenvalue weighted by Gasteiger charge is -2.28. The zero-order valence-electron chi connectivity index (χ0n) is 18.2. The van der Waals surface area contributed by atoms with E-state index in [4.69, 9.17) is 4.74 Å². The number of hydrogen-bond acceptors (Lipinski definition) is 6. The van der Waals surface area contributed by atoms with E-state index in [1.807, 2.05) is 55.5 Å². The molecule has 1 aromatic heterocycles. The standard InChI is InChI=1S/C23H26N6O3/c1-17-3-7-20(8-4-17)29-15-21(25-26-29)23(31)27(2)16-22(30)24-18-5-9-19(10-6-18)28-11-13-32-14-12-28/h3-10,15H,11-14,16H2,1-2H3,(H,24,30). The molecule has 9 heteroatoms. The van der Waals surface area contributed by atoms with Gasteiger partial charge in [0, 0.05) is 31.5 Å². The van der Waals surface area contributed by atoms with Crippen molar-refractivity contribution in [1.29, 1.82) is 0 Å². The molecule has 2 heterocycles. The van der Waals surface area contributed by atoms with Crippen LogP contribution in [-0.4, -0.2) is 71.6 Å². The van der Waals surface area contributed by atoms with Crippen LogP contribution in [0.5, 0.6) is 0 Å². The molecular formula is C23H26N6O3. The van der Waals surface area contributed by atoms with E-state index in [-0.39, 0.29) is 24.1 Å². The maximum Gasteiger partial charge on any atom is 0.276 e. The third kappa shape index (κ3) is 5.12. The Kier molecular flexibility index (Phi) is 6.46. The molecule has 1 saturated heterocycles. The predicted molar refractivity (Wildman–Crippen MR) is 121 cm³/mol. The van der Waals surface area contributed by atoms with Gasteiger partial charge in [-0.1, -0.05) is 22.9 Å². The van der Waals surface area contributed by atoms with Crippen molar-refractivity contribution in [2.24, 2.45) is 0 Å². The van der Waals surface area contributed by atoms with Gasteiger partial charge in [-0.2, -0.15) is 0 Å². The lowest BCUT2D eigenvalue weighted by atomic mass is 10.2. The summed E-state index contributed by atoms with van der Waals surface area (Å²) in [7, 11) is 1.56. The first-order chi connectivity index (χ1) is 15.5. The molecular weight excluding hydrogens is 408 g/mol. The minimum Gasteiger partial charge on any atom is -0.378 e. The van der Waals surface area contributed by atoms with Crippen LogP contribution in [0.4, 0.5) is 11.4 Å². The molecule has 1 N–H and O–H groups in total. The monoisotopic (exact) mass is 434 g/mol. The Morgan fingerprint density at radius 3 is 2.38 bits per heavy atom. The number of nitrogens with zero attached hydrogens (tertiary/aromatic N) is 5. The van der Waals surface area contributed by atoms with Gasteiger partial charge in [0.2, 0.25) is 5.91 Å². The number of nitrogens with one attached hydrogen (secondary N) is 1. The molecule has 0 radical (unpaired) electrons. The fourth-order valence-corrected chi connectivity index (χ4v) is 3.45. The molecule has 0 unspecified atom stereocenters. The van der Waals surface area contributed by atoms with E-state index >= 15 is 0 Å². The van der Waals surface area contributed by atoms with Gasteiger partial charge in [-0.3, -0.25) is 9.59 Å².